The number of aromatic nitrogens is 3. The molecule has 3 aromatic rings. The van der Waals surface area contributed by atoms with Crippen LogP contribution in [-0.2, 0) is 0 Å². The third kappa shape index (κ3) is 1.49. The van der Waals surface area contributed by atoms with Gasteiger partial charge in [-0.2, -0.15) is 0 Å². The second-order valence-electron chi connectivity index (χ2n) is 3.14. The molecule has 0 saturated carbocycles. The summed E-state index contributed by atoms with van der Waals surface area (Å²) in [4.78, 5) is 14.5. The maximum Gasteiger partial charge on any atom is 0.127 e. The molecule has 0 bridgehead atoms. The van der Waals surface area contributed by atoms with Gasteiger partial charge in [-0.25, -0.2) is 9.97 Å². The fraction of sp³-hybridized carbons (Fsp3) is 0. The third-order valence-electron chi connectivity index (χ3n) is 2.14. The highest BCUT2D eigenvalue weighted by atomic mass is 32.1. The van der Waals surface area contributed by atoms with Crippen molar-refractivity contribution in [3.05, 3.63) is 43.1 Å². The summed E-state index contributed by atoms with van der Waals surface area (Å²) < 4.78 is 0. The largest absolute Gasteiger partial charge is 0.264 e. The van der Waals surface area contributed by atoms with E-state index >= 15 is 0 Å². The zero-order valence-corrected chi connectivity index (χ0v) is 8.61. The number of thiophene rings is 1. The third-order valence-corrected chi connectivity index (χ3v) is 3.25. The molecule has 3 nitrogen and oxygen atoms in total. The first-order valence-electron chi connectivity index (χ1n) is 4.53. The lowest BCUT2D eigenvalue weighted by molar-refractivity contribution is 1.23. The highest BCUT2D eigenvalue weighted by Gasteiger charge is 2.04. The van der Waals surface area contributed by atoms with E-state index in [2.05, 4.69) is 21.0 Å². The second kappa shape index (κ2) is 3.40. The van der Waals surface area contributed by atoms with Crippen molar-refractivity contribution in [1.82, 2.24) is 15.0 Å². The topological polar surface area (TPSA) is 38.7 Å². The van der Waals surface area contributed by atoms with E-state index in [4.69, 9.17) is 0 Å². The molecule has 0 aromatic carbocycles. The first-order valence-corrected chi connectivity index (χ1v) is 5.35. The molecule has 3 heterocycles. The van der Waals surface area contributed by atoms with Gasteiger partial charge in [-0.3, -0.25) is 4.98 Å². The lowest BCUT2D eigenvalue weighted by Crippen LogP contribution is -1.72. The molecule has 3 aromatic heterocycles. The molecule has 3 rings (SSSR count). The molecule has 0 aliphatic heterocycles. The molecule has 0 amide bonds. The predicted octanol–water partition coefficient (Wildman–Crippen LogP) is 2.75. The standard InChI is InChI=1S/C11H7N3S/c1-2-8(5-12-3-1)10-4-9-6-13-7-14-11(9)15-10/h1-7H. The van der Waals surface area contributed by atoms with E-state index in [1.807, 2.05) is 24.5 Å². The Bertz CT molecular complexity index is 556. The van der Waals surface area contributed by atoms with Crippen molar-refractivity contribution in [2.45, 2.75) is 0 Å². The number of pyridine rings is 1. The maximum atomic E-state index is 4.21. The summed E-state index contributed by atoms with van der Waals surface area (Å²) in [6.45, 7) is 0. The molecule has 15 heavy (non-hydrogen) atoms. The Morgan fingerprint density at radius 1 is 1.13 bits per heavy atom. The zero-order chi connectivity index (χ0) is 10.1. The van der Waals surface area contributed by atoms with Gasteiger partial charge in [-0.15, -0.1) is 11.3 Å². The van der Waals surface area contributed by atoms with E-state index < -0.39 is 0 Å². The molecular formula is C11H7N3S. The number of rotatable bonds is 1. The number of fused-ring (bicyclic) bond motifs is 1. The van der Waals surface area contributed by atoms with Crippen LogP contribution in [0.25, 0.3) is 20.7 Å². The van der Waals surface area contributed by atoms with Crippen LogP contribution < -0.4 is 0 Å². The van der Waals surface area contributed by atoms with Crippen LogP contribution in [0.2, 0.25) is 0 Å². The van der Waals surface area contributed by atoms with E-state index in [1.54, 1.807) is 23.9 Å². The average molecular weight is 213 g/mol. The van der Waals surface area contributed by atoms with Crippen LogP contribution in [0.1, 0.15) is 0 Å². The summed E-state index contributed by atoms with van der Waals surface area (Å²) in [7, 11) is 0. The van der Waals surface area contributed by atoms with Crippen molar-refractivity contribution in [3.63, 3.8) is 0 Å². The lowest BCUT2D eigenvalue weighted by atomic mass is 10.2. The van der Waals surface area contributed by atoms with Gasteiger partial charge in [0.1, 0.15) is 11.2 Å². The van der Waals surface area contributed by atoms with Gasteiger partial charge < -0.3 is 0 Å². The van der Waals surface area contributed by atoms with Crippen LogP contribution in [0.5, 0.6) is 0 Å². The maximum absolute atomic E-state index is 4.21. The number of hydrogen-bond acceptors (Lipinski definition) is 4. The molecule has 0 unspecified atom stereocenters. The summed E-state index contributed by atoms with van der Waals surface area (Å²) in [5, 5.41) is 1.08. The van der Waals surface area contributed by atoms with Crippen molar-refractivity contribution in [2.75, 3.05) is 0 Å². The molecule has 0 N–H and O–H groups in total. The fourth-order valence-electron chi connectivity index (χ4n) is 1.44. The molecule has 0 aliphatic rings. The minimum atomic E-state index is 1.02. The smallest absolute Gasteiger partial charge is 0.127 e. The van der Waals surface area contributed by atoms with Gasteiger partial charge in [0, 0.05) is 34.4 Å². The molecule has 0 spiro atoms. The van der Waals surface area contributed by atoms with Crippen molar-refractivity contribution in [2.24, 2.45) is 0 Å². The summed E-state index contributed by atoms with van der Waals surface area (Å²) >= 11 is 1.66. The summed E-state index contributed by atoms with van der Waals surface area (Å²) in [5.74, 6) is 0. The normalized spacial score (nSPS) is 10.7. The molecule has 0 atom stereocenters. The Morgan fingerprint density at radius 3 is 2.93 bits per heavy atom. The summed E-state index contributed by atoms with van der Waals surface area (Å²) in [6, 6.07) is 6.08. The van der Waals surface area contributed by atoms with Gasteiger partial charge in [0.15, 0.2) is 0 Å². The molecule has 4 heteroatoms. The Kier molecular flexibility index (Phi) is 1.93. The first kappa shape index (κ1) is 8.49. The van der Waals surface area contributed by atoms with Crippen LogP contribution >= 0.6 is 11.3 Å². The minimum Gasteiger partial charge on any atom is -0.264 e. The van der Waals surface area contributed by atoms with Gasteiger partial charge >= 0.3 is 0 Å². The molecule has 0 fully saturated rings. The Morgan fingerprint density at radius 2 is 2.13 bits per heavy atom. The van der Waals surface area contributed by atoms with Crippen molar-refractivity contribution in [1.29, 1.82) is 0 Å². The van der Waals surface area contributed by atoms with E-state index in [0.29, 0.717) is 0 Å². The van der Waals surface area contributed by atoms with Crippen molar-refractivity contribution >= 4 is 21.6 Å². The Balaban J connectivity index is 2.21. The molecule has 0 saturated heterocycles. The first-order chi connectivity index (χ1) is 7.43. The molecular weight excluding hydrogens is 206 g/mol. The van der Waals surface area contributed by atoms with E-state index in [0.717, 1.165) is 15.8 Å². The highest BCUT2D eigenvalue weighted by Crippen LogP contribution is 2.30. The monoisotopic (exact) mass is 213 g/mol. The van der Waals surface area contributed by atoms with Crippen LogP contribution in [-0.4, -0.2) is 15.0 Å². The second-order valence-corrected chi connectivity index (χ2v) is 4.17. The van der Waals surface area contributed by atoms with Gasteiger partial charge in [0.25, 0.3) is 0 Å². The summed E-state index contributed by atoms with van der Waals surface area (Å²) in [6.07, 6.45) is 7.04. The fourth-order valence-corrected chi connectivity index (χ4v) is 2.40. The van der Waals surface area contributed by atoms with Crippen molar-refractivity contribution < 1.29 is 0 Å². The Hall–Kier alpha value is -1.81. The highest BCUT2D eigenvalue weighted by molar-refractivity contribution is 7.21. The van der Waals surface area contributed by atoms with Gasteiger partial charge in [-0.05, 0) is 12.1 Å². The summed E-state index contributed by atoms with van der Waals surface area (Å²) in [5.41, 5.74) is 1.13. The van der Waals surface area contributed by atoms with Crippen LogP contribution in [0, 0.1) is 0 Å². The van der Waals surface area contributed by atoms with E-state index in [9.17, 15) is 0 Å². The molecule has 0 aliphatic carbocycles. The van der Waals surface area contributed by atoms with Gasteiger partial charge in [0.05, 0.1) is 0 Å². The quantitative estimate of drug-likeness (QED) is 0.624. The zero-order valence-electron chi connectivity index (χ0n) is 7.79. The van der Waals surface area contributed by atoms with Crippen LogP contribution in [0.3, 0.4) is 0 Å². The molecule has 0 radical (unpaired) electrons. The SMILES string of the molecule is c1cncc(-c2cc3cncnc3s2)c1. The Labute approximate surface area is 90.5 Å². The molecule has 72 valence electrons. The predicted molar refractivity (Wildman–Crippen MR) is 60.6 cm³/mol. The minimum absolute atomic E-state index is 1.02. The van der Waals surface area contributed by atoms with E-state index in [-0.39, 0.29) is 0 Å². The lowest BCUT2D eigenvalue weighted by Gasteiger charge is -1.92. The number of nitrogens with zero attached hydrogens (tertiary/aromatic N) is 3. The van der Waals surface area contributed by atoms with Gasteiger partial charge in [0.2, 0.25) is 0 Å². The van der Waals surface area contributed by atoms with Gasteiger partial charge in [-0.1, -0.05) is 6.07 Å². The number of hydrogen-bond donors (Lipinski definition) is 0. The van der Waals surface area contributed by atoms with Crippen LogP contribution in [0.15, 0.2) is 43.1 Å². The van der Waals surface area contributed by atoms with Crippen LogP contribution in [0.4, 0.5) is 0 Å². The average Bonchev–Trinajstić information content (AvgIpc) is 2.74. The van der Waals surface area contributed by atoms with Crippen molar-refractivity contribution in [3.8, 4) is 10.4 Å². The van der Waals surface area contributed by atoms with E-state index in [1.165, 1.54) is 4.88 Å².